The fourth-order valence-corrected chi connectivity index (χ4v) is 16.2. The van der Waals surface area contributed by atoms with E-state index in [0.29, 0.717) is 0 Å². The molecular weight excluding hydrogens is 755 g/mol. The zero-order chi connectivity index (χ0) is 40.9. The zero-order valence-electron chi connectivity index (χ0n) is 34.5. The van der Waals surface area contributed by atoms with Gasteiger partial charge in [-0.2, -0.15) is 0 Å². The molecule has 2 nitrogen and oxygen atoms in total. The minimum Gasteiger partial charge on any atom is -0.456 e. The smallest absolute Gasteiger partial charge is 0.180 e. The van der Waals surface area contributed by atoms with Gasteiger partial charge < -0.3 is 9.32 Å². The van der Waals surface area contributed by atoms with Crippen molar-refractivity contribution in [2.24, 2.45) is 0 Å². The van der Waals surface area contributed by atoms with E-state index in [-0.39, 0.29) is 5.41 Å². The maximum absolute atomic E-state index is 6.79. The summed E-state index contributed by atoms with van der Waals surface area (Å²) < 4.78 is 6.79. The predicted molar refractivity (Wildman–Crippen MR) is 259 cm³/mol. The minimum atomic E-state index is -2.77. The fourth-order valence-electron chi connectivity index (χ4n) is 10.9. The summed E-state index contributed by atoms with van der Waals surface area (Å²) in [7, 11) is -2.77. The predicted octanol–water partition coefficient (Wildman–Crippen LogP) is 12.7. The lowest BCUT2D eigenvalue weighted by molar-refractivity contribution is 0.660. The van der Waals surface area contributed by atoms with Gasteiger partial charge in [0.15, 0.2) is 8.07 Å². The summed E-state index contributed by atoms with van der Waals surface area (Å²) in [5.41, 5.74) is 16.6. The van der Waals surface area contributed by atoms with Gasteiger partial charge in [0.2, 0.25) is 0 Å². The van der Waals surface area contributed by atoms with E-state index in [1.54, 1.807) is 0 Å². The second-order valence-corrected chi connectivity index (χ2v) is 21.1. The van der Waals surface area contributed by atoms with Gasteiger partial charge in [-0.1, -0.05) is 172 Å². The number of furan rings is 1. The number of anilines is 3. The SMILES string of the molecule is Cc1cc(N(c2ccc3c(c2)C(C)(C)c2ccccc2-3)c2ccc3c(c2)oc2cccc(-c4ccccc4)c23)cc([Si]2(c3ccccc3)c3ccccc3-c3ccccc32)c1. The van der Waals surface area contributed by atoms with Gasteiger partial charge in [-0.25, -0.2) is 0 Å². The normalized spacial score (nSPS) is 14.1. The number of rotatable bonds is 6. The Bertz CT molecular complexity index is 3320. The minimum absolute atomic E-state index is 0.149. The molecule has 3 heteroatoms. The van der Waals surface area contributed by atoms with Crippen LogP contribution in [0.15, 0.2) is 211 Å². The van der Waals surface area contributed by atoms with Crippen LogP contribution in [0.2, 0.25) is 0 Å². The van der Waals surface area contributed by atoms with Crippen LogP contribution in [0.4, 0.5) is 17.1 Å². The third-order valence-corrected chi connectivity index (χ3v) is 18.4. The van der Waals surface area contributed by atoms with Gasteiger partial charge in [-0.15, -0.1) is 0 Å². The topological polar surface area (TPSA) is 16.4 Å². The molecule has 0 bridgehead atoms. The van der Waals surface area contributed by atoms with Crippen molar-refractivity contribution in [3.63, 3.8) is 0 Å². The average molecular weight is 798 g/mol. The Morgan fingerprint density at radius 1 is 0.426 bits per heavy atom. The van der Waals surface area contributed by atoms with Crippen LogP contribution in [-0.2, 0) is 5.41 Å². The largest absolute Gasteiger partial charge is 0.456 e. The Kier molecular flexibility index (Phi) is 7.85. The Labute approximate surface area is 358 Å². The van der Waals surface area contributed by atoms with Crippen LogP contribution in [0.1, 0.15) is 30.5 Å². The van der Waals surface area contributed by atoms with Crippen LogP contribution in [0.3, 0.4) is 0 Å². The number of aryl methyl sites for hydroxylation is 1. The highest BCUT2D eigenvalue weighted by molar-refractivity contribution is 7.22. The van der Waals surface area contributed by atoms with E-state index in [1.165, 1.54) is 70.8 Å². The standard InChI is InChI=1S/C58H43NOSi/c1-38-33-42(35-44(34-38)61(43-19-8-5-9-20-43)55-27-14-11-22-48(55)49-23-12-15-28-56(49)61)59(40-29-31-47-46-21-10-13-25-51(46)58(2,3)52(47)36-40)41-30-32-50-54(37-41)60-53-26-16-24-45(57(50)53)39-17-6-4-7-18-39/h4-37H,1-3H3. The summed E-state index contributed by atoms with van der Waals surface area (Å²) in [4.78, 5) is 2.47. The quantitative estimate of drug-likeness (QED) is 0.156. The third-order valence-electron chi connectivity index (χ3n) is 13.6. The highest BCUT2D eigenvalue weighted by Crippen LogP contribution is 2.51. The first-order chi connectivity index (χ1) is 29.9. The van der Waals surface area contributed by atoms with Gasteiger partial charge in [-0.3, -0.25) is 0 Å². The first-order valence-electron chi connectivity index (χ1n) is 21.3. The molecule has 1 aromatic heterocycles. The molecule has 1 aliphatic carbocycles. The summed E-state index contributed by atoms with van der Waals surface area (Å²) in [6.07, 6.45) is 0. The second-order valence-electron chi connectivity index (χ2n) is 17.3. The molecule has 0 fully saturated rings. The van der Waals surface area contributed by atoms with Crippen molar-refractivity contribution in [2.45, 2.75) is 26.2 Å². The molecule has 0 radical (unpaired) electrons. The molecule has 0 amide bonds. The lowest BCUT2D eigenvalue weighted by Crippen LogP contribution is -2.72. The highest BCUT2D eigenvalue weighted by atomic mass is 28.3. The Balaban J connectivity index is 1.12. The molecule has 0 N–H and O–H groups in total. The number of nitrogens with zero attached hydrogens (tertiary/aromatic N) is 1. The number of hydrogen-bond donors (Lipinski definition) is 0. The summed E-state index contributed by atoms with van der Waals surface area (Å²) in [5, 5.41) is 7.92. The van der Waals surface area contributed by atoms with E-state index in [0.717, 1.165) is 39.0 Å². The van der Waals surface area contributed by atoms with Gasteiger partial charge in [0, 0.05) is 39.3 Å². The van der Waals surface area contributed by atoms with Crippen LogP contribution in [0, 0.1) is 6.92 Å². The van der Waals surface area contributed by atoms with E-state index in [1.807, 2.05) is 0 Å². The maximum Gasteiger partial charge on any atom is 0.180 e. The molecule has 0 saturated carbocycles. The van der Waals surface area contributed by atoms with E-state index >= 15 is 0 Å². The molecule has 0 saturated heterocycles. The van der Waals surface area contributed by atoms with E-state index < -0.39 is 8.07 Å². The Hall–Kier alpha value is -7.20. The van der Waals surface area contributed by atoms with Gasteiger partial charge >= 0.3 is 0 Å². The summed E-state index contributed by atoms with van der Waals surface area (Å²) in [6.45, 7) is 7.00. The van der Waals surface area contributed by atoms with Gasteiger partial charge in [0.05, 0.1) is 0 Å². The molecular formula is C58H43NOSi. The van der Waals surface area contributed by atoms with Gasteiger partial charge in [-0.05, 0) is 120 Å². The van der Waals surface area contributed by atoms with Crippen LogP contribution >= 0.6 is 0 Å². The molecule has 0 spiro atoms. The first kappa shape index (κ1) is 35.7. The fraction of sp³-hybridized carbons (Fsp3) is 0.0690. The third kappa shape index (κ3) is 5.20. The van der Waals surface area contributed by atoms with Crippen LogP contribution < -0.4 is 25.6 Å². The van der Waals surface area contributed by atoms with Crippen molar-refractivity contribution in [1.82, 2.24) is 0 Å². The lowest BCUT2D eigenvalue weighted by atomic mass is 9.82. The molecule has 10 aromatic rings. The van der Waals surface area contributed by atoms with E-state index in [9.17, 15) is 0 Å². The number of hydrogen-bond acceptors (Lipinski definition) is 2. The molecule has 2 aliphatic rings. The lowest BCUT2D eigenvalue weighted by Gasteiger charge is -2.34. The second kappa shape index (κ2) is 13.4. The molecule has 61 heavy (non-hydrogen) atoms. The summed E-state index contributed by atoms with van der Waals surface area (Å²) in [5.74, 6) is 0. The molecule has 1 aliphatic heterocycles. The van der Waals surface area contributed by atoms with Gasteiger partial charge in [0.1, 0.15) is 11.2 Å². The van der Waals surface area contributed by atoms with Crippen molar-refractivity contribution in [1.29, 1.82) is 0 Å². The molecule has 0 unspecified atom stereocenters. The molecule has 9 aromatic carbocycles. The van der Waals surface area contributed by atoms with Crippen molar-refractivity contribution >= 4 is 67.8 Å². The molecule has 12 rings (SSSR count). The van der Waals surface area contributed by atoms with Crippen molar-refractivity contribution < 1.29 is 4.42 Å². The van der Waals surface area contributed by atoms with Crippen molar-refractivity contribution in [3.8, 4) is 33.4 Å². The first-order valence-corrected chi connectivity index (χ1v) is 23.3. The monoisotopic (exact) mass is 797 g/mol. The highest BCUT2D eigenvalue weighted by Gasteiger charge is 2.48. The Morgan fingerprint density at radius 2 is 1.03 bits per heavy atom. The maximum atomic E-state index is 6.79. The number of fused-ring (bicyclic) bond motifs is 9. The number of benzene rings is 9. The van der Waals surface area contributed by atoms with E-state index in [2.05, 4.69) is 232 Å². The molecule has 2 heterocycles. The summed E-state index contributed by atoms with van der Waals surface area (Å²) in [6, 6.07) is 76.8. The van der Waals surface area contributed by atoms with E-state index in [4.69, 9.17) is 4.42 Å². The zero-order valence-corrected chi connectivity index (χ0v) is 35.5. The Morgan fingerprint density at radius 3 is 1.79 bits per heavy atom. The van der Waals surface area contributed by atoms with Crippen LogP contribution in [0.25, 0.3) is 55.3 Å². The molecule has 290 valence electrons. The van der Waals surface area contributed by atoms with Gasteiger partial charge in [0.25, 0.3) is 0 Å². The van der Waals surface area contributed by atoms with Crippen molar-refractivity contribution in [2.75, 3.05) is 4.90 Å². The van der Waals surface area contributed by atoms with Crippen molar-refractivity contribution in [3.05, 3.63) is 223 Å². The molecule has 0 atom stereocenters. The van der Waals surface area contributed by atoms with Crippen LogP contribution in [0.5, 0.6) is 0 Å². The van der Waals surface area contributed by atoms with Crippen LogP contribution in [-0.4, -0.2) is 8.07 Å². The average Bonchev–Trinajstić information content (AvgIpc) is 3.90. The summed E-state index contributed by atoms with van der Waals surface area (Å²) >= 11 is 0.